The van der Waals surface area contributed by atoms with Gasteiger partial charge in [0, 0.05) is 11.3 Å². The van der Waals surface area contributed by atoms with Crippen molar-refractivity contribution >= 4 is 11.4 Å². The van der Waals surface area contributed by atoms with Crippen molar-refractivity contribution in [1.82, 2.24) is 0 Å². The van der Waals surface area contributed by atoms with Crippen molar-refractivity contribution in [2.75, 3.05) is 0 Å². The quantitative estimate of drug-likeness (QED) is 0.886. The molecule has 0 unspecified atom stereocenters. The lowest BCUT2D eigenvalue weighted by molar-refractivity contribution is -0.119. The van der Waals surface area contributed by atoms with Gasteiger partial charge in [-0.25, -0.2) is 0 Å². The molecule has 3 aliphatic carbocycles. The Morgan fingerprint density at radius 2 is 2.19 bits per heavy atom. The molecule has 3 aliphatic rings. The Balaban J connectivity index is 1.94. The van der Waals surface area contributed by atoms with Crippen molar-refractivity contribution in [1.29, 1.82) is 0 Å². The summed E-state index contributed by atoms with van der Waals surface area (Å²) in [5.41, 5.74) is 4.94. The van der Waals surface area contributed by atoms with Crippen molar-refractivity contribution in [2.45, 2.75) is 46.0 Å². The fraction of sp³-hybridized carbons (Fsp3) is 0.526. The number of fused-ring (bicyclic) bond motifs is 3. The van der Waals surface area contributed by atoms with Gasteiger partial charge in [-0.15, -0.1) is 0 Å². The van der Waals surface area contributed by atoms with Crippen LogP contribution in [0.15, 0.2) is 23.8 Å². The van der Waals surface area contributed by atoms with Crippen LogP contribution in [0.5, 0.6) is 5.75 Å². The van der Waals surface area contributed by atoms with Crippen molar-refractivity contribution in [3.63, 3.8) is 0 Å². The van der Waals surface area contributed by atoms with E-state index in [9.17, 15) is 9.90 Å². The van der Waals surface area contributed by atoms with E-state index in [1.165, 1.54) is 29.5 Å². The van der Waals surface area contributed by atoms with Crippen molar-refractivity contribution in [3.05, 3.63) is 34.9 Å². The summed E-state index contributed by atoms with van der Waals surface area (Å²) >= 11 is 0. The highest BCUT2D eigenvalue weighted by atomic mass is 16.3. The first-order valence-corrected chi connectivity index (χ1v) is 8.14. The van der Waals surface area contributed by atoms with Crippen LogP contribution in [0.2, 0.25) is 0 Å². The summed E-state index contributed by atoms with van der Waals surface area (Å²) in [6, 6.07) is 5.69. The van der Waals surface area contributed by atoms with Crippen LogP contribution in [0.3, 0.4) is 0 Å². The van der Waals surface area contributed by atoms with E-state index >= 15 is 0 Å². The molecule has 1 saturated carbocycles. The molecular weight excluding hydrogens is 260 g/mol. The molecule has 0 saturated heterocycles. The molecule has 1 N–H and O–H groups in total. The number of carbonyl (C=O) groups excluding carboxylic acids is 1. The first kappa shape index (κ1) is 13.1. The number of carbonyl (C=O) groups is 1. The van der Waals surface area contributed by atoms with E-state index in [2.05, 4.69) is 6.92 Å². The number of rotatable bonds is 2. The average molecular weight is 282 g/mol. The van der Waals surface area contributed by atoms with Crippen LogP contribution in [0.25, 0.3) is 5.57 Å². The molecule has 1 fully saturated rings. The lowest BCUT2D eigenvalue weighted by atomic mass is 9.67. The molecule has 3 atom stereocenters. The molecule has 1 spiro atoms. The van der Waals surface area contributed by atoms with E-state index in [4.69, 9.17) is 0 Å². The molecule has 1 aromatic rings. The minimum absolute atomic E-state index is 0.175. The zero-order valence-electron chi connectivity index (χ0n) is 12.8. The Bertz CT molecular complexity index is 670. The van der Waals surface area contributed by atoms with Gasteiger partial charge in [0.2, 0.25) is 0 Å². The third kappa shape index (κ3) is 1.56. The van der Waals surface area contributed by atoms with E-state index < -0.39 is 0 Å². The minimum Gasteiger partial charge on any atom is -0.508 e. The van der Waals surface area contributed by atoms with E-state index in [-0.39, 0.29) is 11.3 Å². The maximum absolute atomic E-state index is 12.6. The van der Waals surface area contributed by atoms with Crippen molar-refractivity contribution in [2.24, 2.45) is 17.3 Å². The Labute approximate surface area is 125 Å². The molecule has 0 aromatic heterocycles. The molecular formula is C19H22O2. The average Bonchev–Trinajstić information content (AvgIpc) is 2.94. The number of allylic oxidation sites excluding steroid dienone is 2. The molecule has 0 heterocycles. The predicted molar refractivity (Wildman–Crippen MR) is 83.0 cm³/mol. The Morgan fingerprint density at radius 3 is 2.95 bits per heavy atom. The highest BCUT2D eigenvalue weighted by Gasteiger charge is 2.58. The SMILES string of the molecule is CCC[C@@H]1C[C@H]2C[C@]13Cc1cc(O)ccc1C3=C(C)C2=O. The zero-order valence-corrected chi connectivity index (χ0v) is 12.8. The number of phenols is 1. The van der Waals surface area contributed by atoms with Crippen molar-refractivity contribution < 1.29 is 9.90 Å². The van der Waals surface area contributed by atoms with Gasteiger partial charge in [-0.2, -0.15) is 0 Å². The van der Waals surface area contributed by atoms with E-state index in [1.807, 2.05) is 19.1 Å². The second-order valence-corrected chi connectivity index (χ2v) is 7.16. The molecule has 2 nitrogen and oxygen atoms in total. The molecule has 0 aliphatic heterocycles. The van der Waals surface area contributed by atoms with Crippen molar-refractivity contribution in [3.8, 4) is 5.75 Å². The molecule has 110 valence electrons. The standard InChI is InChI=1S/C19H22O2/c1-3-4-14-7-13-10-19(14)9-12-8-15(20)5-6-16(12)17(19)11(2)18(13)21/h5-6,8,13-14,20H,3-4,7,9-10H2,1-2H3/t13-,14+,19+/m0/s1. The predicted octanol–water partition coefficient (Wildman–Crippen LogP) is 4.12. The molecule has 1 aromatic carbocycles. The van der Waals surface area contributed by atoms with Gasteiger partial charge in [-0.05, 0) is 72.9 Å². The summed E-state index contributed by atoms with van der Waals surface area (Å²) in [4.78, 5) is 12.6. The summed E-state index contributed by atoms with van der Waals surface area (Å²) in [5, 5.41) is 9.80. The first-order chi connectivity index (χ1) is 10.1. The number of hydrogen-bond acceptors (Lipinski definition) is 2. The van der Waals surface area contributed by atoms with E-state index in [0.29, 0.717) is 17.5 Å². The third-order valence-corrected chi connectivity index (χ3v) is 6.08. The summed E-state index contributed by atoms with van der Waals surface area (Å²) < 4.78 is 0. The van der Waals surface area contributed by atoms with Gasteiger partial charge in [0.05, 0.1) is 0 Å². The van der Waals surface area contributed by atoms with Crippen LogP contribution in [0, 0.1) is 17.3 Å². The van der Waals surface area contributed by atoms with E-state index in [1.54, 1.807) is 6.07 Å². The van der Waals surface area contributed by atoms with Gasteiger partial charge < -0.3 is 5.11 Å². The summed E-state index contributed by atoms with van der Waals surface area (Å²) in [6.45, 7) is 4.26. The first-order valence-electron chi connectivity index (χ1n) is 8.14. The lowest BCUT2D eigenvalue weighted by Gasteiger charge is -2.36. The van der Waals surface area contributed by atoms with E-state index in [0.717, 1.165) is 24.8 Å². The molecule has 0 radical (unpaired) electrons. The second kappa shape index (κ2) is 4.22. The van der Waals surface area contributed by atoms with Gasteiger partial charge in [0.25, 0.3) is 0 Å². The number of benzene rings is 1. The Kier molecular flexibility index (Phi) is 2.64. The fourth-order valence-electron chi connectivity index (χ4n) is 5.40. The lowest BCUT2D eigenvalue weighted by Crippen LogP contribution is -2.30. The van der Waals surface area contributed by atoms with Crippen LogP contribution >= 0.6 is 0 Å². The largest absolute Gasteiger partial charge is 0.508 e. The van der Waals surface area contributed by atoms with Gasteiger partial charge in [0.15, 0.2) is 5.78 Å². The number of Topliss-reactive ketones (excluding diaryl/α,β-unsaturated/α-hetero) is 1. The van der Waals surface area contributed by atoms with Crippen LogP contribution < -0.4 is 0 Å². The third-order valence-electron chi connectivity index (χ3n) is 6.08. The summed E-state index contributed by atoms with van der Waals surface area (Å²) in [5.74, 6) is 1.58. The zero-order chi connectivity index (χ0) is 14.8. The Morgan fingerprint density at radius 1 is 1.38 bits per heavy atom. The number of phenolic OH excluding ortho intramolecular Hbond substituents is 1. The van der Waals surface area contributed by atoms with Crippen LogP contribution in [-0.2, 0) is 11.2 Å². The monoisotopic (exact) mass is 282 g/mol. The Hall–Kier alpha value is -1.57. The van der Waals surface area contributed by atoms with Crippen LogP contribution in [0.4, 0.5) is 0 Å². The van der Waals surface area contributed by atoms with Crippen LogP contribution in [-0.4, -0.2) is 10.9 Å². The fourth-order valence-corrected chi connectivity index (χ4v) is 5.40. The summed E-state index contributed by atoms with van der Waals surface area (Å²) in [7, 11) is 0. The van der Waals surface area contributed by atoms with Gasteiger partial charge >= 0.3 is 0 Å². The van der Waals surface area contributed by atoms with Gasteiger partial charge in [-0.3, -0.25) is 4.79 Å². The highest BCUT2D eigenvalue weighted by Crippen LogP contribution is 2.65. The second-order valence-electron chi connectivity index (χ2n) is 7.16. The molecule has 2 bridgehead atoms. The van der Waals surface area contributed by atoms with Gasteiger partial charge in [-0.1, -0.05) is 19.4 Å². The summed E-state index contributed by atoms with van der Waals surface area (Å²) in [6.07, 6.45) is 5.49. The topological polar surface area (TPSA) is 37.3 Å². The smallest absolute Gasteiger partial charge is 0.162 e. The highest BCUT2D eigenvalue weighted by molar-refractivity contribution is 6.08. The number of ketones is 1. The number of aromatic hydroxyl groups is 1. The van der Waals surface area contributed by atoms with Gasteiger partial charge in [0.1, 0.15) is 5.75 Å². The maximum atomic E-state index is 12.6. The number of hydrogen-bond donors (Lipinski definition) is 1. The molecule has 0 amide bonds. The van der Waals surface area contributed by atoms with Crippen LogP contribution in [0.1, 0.15) is 50.7 Å². The molecule has 21 heavy (non-hydrogen) atoms. The molecule has 2 heteroatoms. The minimum atomic E-state index is 0.175. The maximum Gasteiger partial charge on any atom is 0.162 e. The normalized spacial score (nSPS) is 33.3. The molecule has 4 rings (SSSR count).